The molecule has 0 aromatic carbocycles. The van der Waals surface area contributed by atoms with Gasteiger partial charge in [-0.1, -0.05) is 41.5 Å². The Morgan fingerprint density at radius 2 is 1.61 bits per heavy atom. The predicted octanol–water partition coefficient (Wildman–Crippen LogP) is 6.16. The zero-order chi connectivity index (χ0) is 31.8. The number of aliphatic hydroxyl groups excluding tert-OH is 2. The molecule has 0 aliphatic rings. The number of carbonyl (C=O) groups excluding carboxylic acids is 1. The van der Waals surface area contributed by atoms with E-state index in [1.165, 1.54) is 6.08 Å². The summed E-state index contributed by atoms with van der Waals surface area (Å²) in [5, 5.41) is 21.3. The van der Waals surface area contributed by atoms with Crippen LogP contribution in [0, 0.1) is 0 Å². The number of hydrogen-bond donors (Lipinski definition) is 2. The van der Waals surface area contributed by atoms with Crippen molar-refractivity contribution < 1.29 is 37.8 Å². The van der Waals surface area contributed by atoms with Gasteiger partial charge in [0.25, 0.3) is 0 Å². The van der Waals surface area contributed by atoms with E-state index in [-0.39, 0.29) is 34.8 Å². The average molecular weight is 616 g/mol. The second-order valence-electron chi connectivity index (χ2n) is 13.9. The first kappa shape index (κ1) is 37.7. The first-order valence-electron chi connectivity index (χ1n) is 14.6. The van der Waals surface area contributed by atoms with Crippen LogP contribution < -0.4 is 0 Å². The third-order valence-electron chi connectivity index (χ3n) is 8.43. The van der Waals surface area contributed by atoms with E-state index in [1.54, 1.807) is 27.2 Å². The molecular weight excluding hydrogens is 559 g/mol. The van der Waals surface area contributed by atoms with E-state index in [2.05, 4.69) is 67.7 Å². The summed E-state index contributed by atoms with van der Waals surface area (Å²) in [7, 11) is -2.53. The molecule has 2 N–H and O–H groups in total. The van der Waals surface area contributed by atoms with Crippen molar-refractivity contribution in [3.05, 3.63) is 29.5 Å². The van der Waals surface area contributed by atoms with E-state index in [0.717, 1.165) is 5.69 Å². The van der Waals surface area contributed by atoms with Gasteiger partial charge in [0.1, 0.15) is 12.0 Å². The Morgan fingerprint density at radius 1 is 1.02 bits per heavy atom. The highest BCUT2D eigenvalue weighted by Crippen LogP contribution is 2.39. The van der Waals surface area contributed by atoms with Crippen molar-refractivity contribution in [1.82, 2.24) is 4.98 Å². The van der Waals surface area contributed by atoms with Crippen molar-refractivity contribution >= 4 is 22.6 Å². The molecule has 0 fully saturated rings. The number of nitrogens with zero attached hydrogens (tertiary/aromatic N) is 1. The molecule has 0 radical (unpaired) electrons. The zero-order valence-electron chi connectivity index (χ0n) is 27.8. The summed E-state index contributed by atoms with van der Waals surface area (Å²) in [6, 6.07) is 0. The maximum atomic E-state index is 11.9. The third-order valence-corrected chi connectivity index (χ3v) is 17.4. The first-order valence-corrected chi connectivity index (χ1v) is 20.4. The molecule has 1 aromatic heterocycles. The quantitative estimate of drug-likeness (QED) is 0.128. The van der Waals surface area contributed by atoms with Gasteiger partial charge in [-0.2, -0.15) is 0 Å². The lowest BCUT2D eigenvalue weighted by Gasteiger charge is -2.40. The van der Waals surface area contributed by atoms with E-state index in [0.29, 0.717) is 25.3 Å². The second kappa shape index (κ2) is 15.4. The van der Waals surface area contributed by atoms with Gasteiger partial charge in [0, 0.05) is 25.5 Å². The smallest absolute Gasteiger partial charge is 0.333 e. The lowest BCUT2D eigenvalue weighted by molar-refractivity contribution is -0.138. The Morgan fingerprint density at radius 3 is 2.12 bits per heavy atom. The van der Waals surface area contributed by atoms with Crippen LogP contribution in [0.15, 0.2) is 22.3 Å². The Labute approximate surface area is 250 Å². The summed E-state index contributed by atoms with van der Waals surface area (Å²) < 4.78 is 29.6. The van der Waals surface area contributed by atoms with Crippen LogP contribution >= 0.6 is 0 Å². The predicted molar refractivity (Wildman–Crippen MR) is 167 cm³/mol. The van der Waals surface area contributed by atoms with Gasteiger partial charge in [0.2, 0.25) is 0 Å². The highest BCUT2D eigenvalue weighted by atomic mass is 28.4. The Bertz CT molecular complexity index is 978. The molecule has 0 saturated carbocycles. The topological polar surface area (TPSA) is 120 Å². The van der Waals surface area contributed by atoms with Crippen LogP contribution in [0.4, 0.5) is 0 Å². The SMILES string of the molecule is CCOC(=O)/C(C)=C/[C@@H](O)[C@H](O)C[C@H](C[C@@H](Cc1nc(CO[Si](C)(C)C(C)(C)C)co1)O[Si](C)(C)C(C)(C)C)OC. The van der Waals surface area contributed by atoms with E-state index in [9.17, 15) is 15.0 Å². The molecule has 0 bridgehead atoms. The second-order valence-corrected chi connectivity index (χ2v) is 23.5. The molecular formula is C30H57NO8Si2. The number of oxazole rings is 1. The van der Waals surface area contributed by atoms with Gasteiger partial charge in [-0.3, -0.25) is 0 Å². The summed E-state index contributed by atoms with van der Waals surface area (Å²) >= 11 is 0. The Kier molecular flexibility index (Phi) is 14.2. The van der Waals surface area contributed by atoms with Crippen molar-refractivity contribution in [3.8, 4) is 0 Å². The highest BCUT2D eigenvalue weighted by molar-refractivity contribution is 6.74. The van der Waals surface area contributed by atoms with Crippen LogP contribution in [0.2, 0.25) is 36.3 Å². The van der Waals surface area contributed by atoms with Gasteiger partial charge in [0.15, 0.2) is 22.5 Å². The molecule has 0 aliphatic carbocycles. The van der Waals surface area contributed by atoms with Crippen molar-refractivity contribution in [2.75, 3.05) is 13.7 Å². The summed E-state index contributed by atoms with van der Waals surface area (Å²) in [5.74, 6) is 0.0378. The summed E-state index contributed by atoms with van der Waals surface area (Å²) in [5.41, 5.74) is 0.991. The van der Waals surface area contributed by atoms with Crippen LogP contribution in [-0.4, -0.2) is 75.9 Å². The first-order chi connectivity index (χ1) is 18.6. The van der Waals surface area contributed by atoms with Crippen molar-refractivity contribution in [2.24, 2.45) is 0 Å². The summed E-state index contributed by atoms with van der Waals surface area (Å²) in [6.07, 6.45) is 0.941. The summed E-state index contributed by atoms with van der Waals surface area (Å²) in [4.78, 5) is 16.6. The normalized spacial score (nSPS) is 16.8. The standard InChI is InChI=1S/C30H57NO8Si2/c1-14-36-28(34)21(2)15-25(32)26(33)17-23(35-9)16-24(39-41(12,13)30(6,7)8)18-27-31-22(19-37-27)20-38-40(10,11)29(3,4)5/h15,19,23-26,32-33H,14,16-18,20H2,1-13H3/b21-15+/t23-,24-,25+,26+/m0/s1. The molecule has 1 aromatic rings. The van der Waals surface area contributed by atoms with Crippen molar-refractivity contribution in [1.29, 1.82) is 0 Å². The molecule has 11 heteroatoms. The van der Waals surface area contributed by atoms with Gasteiger partial charge >= 0.3 is 5.97 Å². The number of methoxy groups -OCH3 is 1. The number of hydrogen-bond acceptors (Lipinski definition) is 9. The van der Waals surface area contributed by atoms with Crippen LogP contribution in [0.25, 0.3) is 0 Å². The monoisotopic (exact) mass is 615 g/mol. The fourth-order valence-electron chi connectivity index (χ4n) is 3.61. The minimum atomic E-state index is -2.18. The van der Waals surface area contributed by atoms with Crippen LogP contribution in [-0.2, 0) is 36.1 Å². The molecule has 9 nitrogen and oxygen atoms in total. The average Bonchev–Trinajstić information content (AvgIpc) is 3.27. The lowest BCUT2D eigenvalue weighted by atomic mass is 9.99. The molecule has 0 saturated heterocycles. The zero-order valence-corrected chi connectivity index (χ0v) is 29.8. The number of aromatic nitrogens is 1. The molecule has 0 aliphatic heterocycles. The Hall–Kier alpha value is -1.35. The molecule has 238 valence electrons. The lowest BCUT2D eigenvalue weighted by Crippen LogP contribution is -2.45. The number of rotatable bonds is 16. The molecule has 0 spiro atoms. The molecule has 0 amide bonds. The summed E-state index contributed by atoms with van der Waals surface area (Å²) in [6.45, 7) is 25.9. The van der Waals surface area contributed by atoms with Crippen molar-refractivity contribution in [2.45, 2.75) is 142 Å². The minimum Gasteiger partial charge on any atom is -0.463 e. The van der Waals surface area contributed by atoms with Crippen LogP contribution in [0.5, 0.6) is 0 Å². The van der Waals surface area contributed by atoms with Crippen LogP contribution in [0.3, 0.4) is 0 Å². The third kappa shape index (κ3) is 12.0. The van der Waals surface area contributed by atoms with Crippen molar-refractivity contribution in [3.63, 3.8) is 0 Å². The van der Waals surface area contributed by atoms with Gasteiger partial charge in [-0.05, 0) is 62.6 Å². The number of carbonyl (C=O) groups is 1. The molecule has 4 atom stereocenters. The Balaban J connectivity index is 3.06. The van der Waals surface area contributed by atoms with E-state index in [1.807, 2.05) is 0 Å². The maximum absolute atomic E-state index is 11.9. The number of ether oxygens (including phenoxy) is 2. The molecule has 41 heavy (non-hydrogen) atoms. The maximum Gasteiger partial charge on any atom is 0.333 e. The molecule has 1 rings (SSSR count). The van der Waals surface area contributed by atoms with E-state index < -0.39 is 40.9 Å². The van der Waals surface area contributed by atoms with Gasteiger partial charge in [-0.25, -0.2) is 9.78 Å². The van der Waals surface area contributed by atoms with E-state index in [4.69, 9.17) is 27.7 Å². The number of esters is 1. The van der Waals surface area contributed by atoms with Crippen LogP contribution in [0.1, 0.15) is 79.8 Å². The van der Waals surface area contributed by atoms with Gasteiger partial charge < -0.3 is 33.0 Å². The largest absolute Gasteiger partial charge is 0.463 e. The van der Waals surface area contributed by atoms with Gasteiger partial charge in [0.05, 0.1) is 37.6 Å². The van der Waals surface area contributed by atoms with Gasteiger partial charge in [-0.15, -0.1) is 0 Å². The fourth-order valence-corrected chi connectivity index (χ4v) is 5.92. The molecule has 0 unspecified atom stereocenters. The molecule has 1 heterocycles. The number of aliphatic hydroxyl groups is 2. The van der Waals surface area contributed by atoms with E-state index >= 15 is 0 Å². The highest BCUT2D eigenvalue weighted by Gasteiger charge is 2.40. The fraction of sp³-hybridized carbons (Fsp3) is 0.800. The minimum absolute atomic E-state index is 0.0162.